The van der Waals surface area contributed by atoms with Gasteiger partial charge in [-0.05, 0) is 17.7 Å². The van der Waals surface area contributed by atoms with Crippen LogP contribution in [-0.4, -0.2) is 51.8 Å². The monoisotopic (exact) mass is 287 g/mol. The Kier molecular flexibility index (Phi) is 8.90. The number of aliphatic hydroxyl groups is 1. The zero-order chi connectivity index (χ0) is 14.6. The highest BCUT2D eigenvalue weighted by molar-refractivity contribution is 5.29. The molecule has 0 aliphatic rings. The van der Waals surface area contributed by atoms with Crippen LogP contribution in [0.5, 0.6) is 5.75 Å². The molecule has 114 valence electrons. The van der Waals surface area contributed by atoms with E-state index in [0.717, 1.165) is 12.1 Å². The van der Waals surface area contributed by atoms with Crippen molar-refractivity contribution in [2.24, 2.45) is 0 Å². The summed E-state index contributed by atoms with van der Waals surface area (Å²) >= 11 is 0. The first-order valence-corrected chi connectivity index (χ1v) is 6.57. The third kappa shape index (κ3) is 6.81. The van der Waals surface area contributed by atoms with E-state index in [1.54, 1.807) is 13.2 Å². The summed E-state index contributed by atoms with van der Waals surface area (Å²) in [5, 5.41) is 11.7. The summed E-state index contributed by atoms with van der Waals surface area (Å²) in [6.45, 7) is 2.73. The van der Waals surface area contributed by atoms with E-state index >= 15 is 0 Å². The molecule has 0 aromatic heterocycles. The van der Waals surface area contributed by atoms with E-state index in [1.807, 2.05) is 6.07 Å². The lowest BCUT2D eigenvalue weighted by Crippen LogP contribution is -2.18. The molecule has 5 nitrogen and oxygen atoms in total. The van der Waals surface area contributed by atoms with Gasteiger partial charge in [-0.1, -0.05) is 6.07 Å². The molecule has 1 aromatic carbocycles. The van der Waals surface area contributed by atoms with Gasteiger partial charge in [0.05, 0.1) is 26.4 Å². The van der Waals surface area contributed by atoms with Crippen LogP contribution in [0.4, 0.5) is 4.39 Å². The molecule has 6 heteroatoms. The lowest BCUT2D eigenvalue weighted by molar-refractivity contribution is 0.0696. The minimum absolute atomic E-state index is 0.0286. The van der Waals surface area contributed by atoms with E-state index in [0.29, 0.717) is 19.8 Å². The lowest BCUT2D eigenvalue weighted by atomic mass is 10.2. The molecular weight excluding hydrogens is 265 g/mol. The van der Waals surface area contributed by atoms with Gasteiger partial charge in [0, 0.05) is 20.2 Å². The Morgan fingerprint density at radius 3 is 2.75 bits per heavy atom. The number of hydrogen-bond acceptors (Lipinski definition) is 5. The Morgan fingerprint density at radius 1 is 1.20 bits per heavy atom. The summed E-state index contributed by atoms with van der Waals surface area (Å²) < 4.78 is 28.9. The van der Waals surface area contributed by atoms with Crippen LogP contribution in [-0.2, 0) is 16.0 Å². The topological polar surface area (TPSA) is 60.0 Å². The van der Waals surface area contributed by atoms with Gasteiger partial charge in [0.15, 0.2) is 11.6 Å². The molecule has 0 heterocycles. The molecular formula is C14H22FNO4. The number of rotatable bonds is 11. The molecule has 0 atom stereocenters. The molecule has 0 spiro atoms. The highest BCUT2D eigenvalue weighted by Gasteiger charge is 2.04. The maximum absolute atomic E-state index is 13.7. The highest BCUT2D eigenvalue weighted by Crippen LogP contribution is 2.18. The third-order valence-electron chi connectivity index (χ3n) is 2.53. The smallest absolute Gasteiger partial charge is 0.165 e. The zero-order valence-electron chi connectivity index (χ0n) is 11.7. The van der Waals surface area contributed by atoms with Gasteiger partial charge in [-0.3, -0.25) is 0 Å². The fourth-order valence-corrected chi connectivity index (χ4v) is 1.56. The van der Waals surface area contributed by atoms with Crippen LogP contribution in [0.25, 0.3) is 0 Å². The van der Waals surface area contributed by atoms with Crippen LogP contribution in [0.1, 0.15) is 5.56 Å². The van der Waals surface area contributed by atoms with Crippen molar-refractivity contribution in [3.63, 3.8) is 0 Å². The first-order chi connectivity index (χ1) is 9.77. The second kappa shape index (κ2) is 10.6. The van der Waals surface area contributed by atoms with Gasteiger partial charge in [0.2, 0.25) is 0 Å². The number of aliphatic hydroxyl groups excluding tert-OH is 1. The molecule has 0 fully saturated rings. The van der Waals surface area contributed by atoms with Crippen LogP contribution in [0.3, 0.4) is 0 Å². The second-order valence-electron chi connectivity index (χ2n) is 4.12. The Balaban J connectivity index is 2.31. The van der Waals surface area contributed by atoms with E-state index in [1.165, 1.54) is 6.07 Å². The van der Waals surface area contributed by atoms with Crippen molar-refractivity contribution in [1.82, 2.24) is 5.32 Å². The molecule has 1 aromatic rings. The van der Waals surface area contributed by atoms with E-state index < -0.39 is 5.82 Å². The Labute approximate surface area is 118 Å². The first kappa shape index (κ1) is 16.8. The molecule has 0 bridgehead atoms. The van der Waals surface area contributed by atoms with E-state index in [-0.39, 0.29) is 25.6 Å². The Morgan fingerprint density at radius 2 is 2.05 bits per heavy atom. The van der Waals surface area contributed by atoms with Gasteiger partial charge in [0.25, 0.3) is 0 Å². The van der Waals surface area contributed by atoms with Crippen LogP contribution in [0.2, 0.25) is 0 Å². The van der Waals surface area contributed by atoms with Crippen LogP contribution in [0, 0.1) is 5.82 Å². The van der Waals surface area contributed by atoms with Crippen molar-refractivity contribution in [2.45, 2.75) is 6.54 Å². The van der Waals surface area contributed by atoms with Crippen molar-refractivity contribution in [3.8, 4) is 5.75 Å². The van der Waals surface area contributed by atoms with Gasteiger partial charge in [-0.2, -0.15) is 0 Å². The molecule has 0 radical (unpaired) electrons. The number of nitrogens with one attached hydrogen (secondary N) is 1. The highest BCUT2D eigenvalue weighted by atomic mass is 19.1. The predicted molar refractivity (Wildman–Crippen MR) is 73.4 cm³/mol. The van der Waals surface area contributed by atoms with Crippen LogP contribution in [0.15, 0.2) is 18.2 Å². The van der Waals surface area contributed by atoms with Gasteiger partial charge in [0.1, 0.15) is 6.61 Å². The fourth-order valence-electron chi connectivity index (χ4n) is 1.56. The fraction of sp³-hybridized carbons (Fsp3) is 0.571. The Bertz CT molecular complexity index is 376. The lowest BCUT2D eigenvalue weighted by Gasteiger charge is -2.09. The maximum Gasteiger partial charge on any atom is 0.165 e. The van der Waals surface area contributed by atoms with E-state index in [4.69, 9.17) is 19.3 Å². The zero-order valence-corrected chi connectivity index (χ0v) is 11.7. The molecule has 0 unspecified atom stereocenters. The Hall–Kier alpha value is -1.21. The normalized spacial score (nSPS) is 10.8. The first-order valence-electron chi connectivity index (χ1n) is 6.57. The molecule has 0 saturated carbocycles. The molecule has 0 aliphatic heterocycles. The molecule has 0 amide bonds. The number of benzene rings is 1. The van der Waals surface area contributed by atoms with Gasteiger partial charge < -0.3 is 24.6 Å². The van der Waals surface area contributed by atoms with Crippen LogP contribution >= 0.6 is 0 Å². The van der Waals surface area contributed by atoms with Gasteiger partial charge in [-0.25, -0.2) is 4.39 Å². The number of hydrogen-bond donors (Lipinski definition) is 2. The maximum atomic E-state index is 13.7. The summed E-state index contributed by atoms with van der Waals surface area (Å²) in [6, 6.07) is 4.87. The van der Waals surface area contributed by atoms with Crippen molar-refractivity contribution in [3.05, 3.63) is 29.6 Å². The van der Waals surface area contributed by atoms with Crippen molar-refractivity contribution in [1.29, 1.82) is 0 Å². The largest absolute Gasteiger partial charge is 0.488 e. The summed E-state index contributed by atoms with van der Waals surface area (Å²) in [4.78, 5) is 0. The summed E-state index contributed by atoms with van der Waals surface area (Å²) in [5.41, 5.74) is 0.850. The van der Waals surface area contributed by atoms with Crippen molar-refractivity contribution >= 4 is 0 Å². The average molecular weight is 287 g/mol. The summed E-state index contributed by atoms with van der Waals surface area (Å²) in [7, 11) is 1.64. The SMILES string of the molecule is COCCNCc1ccc(OCCOCCO)c(F)c1. The number of methoxy groups -OCH3 is 1. The quantitative estimate of drug-likeness (QED) is 0.593. The predicted octanol–water partition coefficient (Wildman–Crippen LogP) is 0.949. The second-order valence-corrected chi connectivity index (χ2v) is 4.12. The van der Waals surface area contributed by atoms with Gasteiger partial charge >= 0.3 is 0 Å². The summed E-state index contributed by atoms with van der Waals surface area (Å²) in [5.74, 6) is -0.184. The third-order valence-corrected chi connectivity index (χ3v) is 2.53. The standard InChI is InChI=1S/C14H22FNO4/c1-18-6-4-16-11-12-2-3-14(13(15)10-12)20-9-8-19-7-5-17/h2-3,10,16-17H,4-9,11H2,1H3. The van der Waals surface area contributed by atoms with E-state index in [9.17, 15) is 4.39 Å². The van der Waals surface area contributed by atoms with E-state index in [2.05, 4.69) is 5.32 Å². The minimum atomic E-state index is -0.391. The molecule has 2 N–H and O–H groups in total. The number of halogens is 1. The van der Waals surface area contributed by atoms with Crippen molar-refractivity contribution < 1.29 is 23.7 Å². The number of ether oxygens (including phenoxy) is 3. The van der Waals surface area contributed by atoms with Crippen LogP contribution < -0.4 is 10.1 Å². The van der Waals surface area contributed by atoms with Gasteiger partial charge in [-0.15, -0.1) is 0 Å². The summed E-state index contributed by atoms with van der Waals surface area (Å²) in [6.07, 6.45) is 0. The van der Waals surface area contributed by atoms with Crippen molar-refractivity contribution in [2.75, 3.05) is 46.7 Å². The molecule has 0 saturated heterocycles. The average Bonchev–Trinajstić information content (AvgIpc) is 2.45. The molecule has 20 heavy (non-hydrogen) atoms. The molecule has 0 aliphatic carbocycles. The molecule has 1 rings (SSSR count). The minimum Gasteiger partial charge on any atom is -0.488 e.